The van der Waals surface area contributed by atoms with Crippen LogP contribution in [0, 0.1) is 0 Å². The first-order valence-electron chi connectivity index (χ1n) is 9.14. The fourth-order valence-electron chi connectivity index (χ4n) is 3.13. The lowest BCUT2D eigenvalue weighted by Gasteiger charge is -2.25. The van der Waals surface area contributed by atoms with Crippen molar-refractivity contribution in [2.24, 2.45) is 0 Å². The summed E-state index contributed by atoms with van der Waals surface area (Å²) in [6.45, 7) is 4.22. The normalized spacial score (nSPS) is 15.3. The van der Waals surface area contributed by atoms with Gasteiger partial charge in [0, 0.05) is 11.9 Å². The maximum absolute atomic E-state index is 13.1. The molecular weight excluding hydrogens is 376 g/mol. The molecule has 0 spiro atoms. The molecule has 1 aliphatic heterocycles. The first-order chi connectivity index (χ1) is 13.5. The Balaban J connectivity index is 1.85. The van der Waals surface area contributed by atoms with Gasteiger partial charge in [0.2, 0.25) is 11.8 Å². The van der Waals surface area contributed by atoms with E-state index in [9.17, 15) is 14.4 Å². The Morgan fingerprint density at radius 1 is 1.18 bits per heavy atom. The third-order valence-electron chi connectivity index (χ3n) is 4.41. The maximum atomic E-state index is 13.1. The zero-order valence-corrected chi connectivity index (χ0v) is 16.7. The Morgan fingerprint density at radius 2 is 1.93 bits per heavy atom. The Labute approximate surface area is 168 Å². The first-order valence-corrected chi connectivity index (χ1v) is 10.1. The van der Waals surface area contributed by atoms with Gasteiger partial charge >= 0.3 is 5.97 Å². The fraction of sp³-hybridized carbons (Fsp3) is 0.286. The van der Waals surface area contributed by atoms with E-state index in [2.05, 4.69) is 0 Å². The van der Waals surface area contributed by atoms with E-state index in [4.69, 9.17) is 4.74 Å². The maximum Gasteiger partial charge on any atom is 0.333 e. The molecule has 1 aliphatic rings. The molecular formula is C21H22N2O4S. The summed E-state index contributed by atoms with van der Waals surface area (Å²) in [5.41, 5.74) is 0.806. The van der Waals surface area contributed by atoms with Crippen LogP contribution in [0.1, 0.15) is 13.8 Å². The molecule has 2 aromatic carbocycles. The van der Waals surface area contributed by atoms with Crippen LogP contribution >= 0.6 is 11.8 Å². The third-order valence-corrected chi connectivity index (χ3v) is 5.43. The number of fused-ring (bicyclic) bond motifs is 1. The first kappa shape index (κ1) is 19.9. The van der Waals surface area contributed by atoms with Gasteiger partial charge in [-0.15, -0.1) is 0 Å². The Hall–Kier alpha value is -2.80. The molecule has 7 heteroatoms. The standard InChI is InChI=1S/C21H22N2O4S/c1-3-22(17-11-7-9-15-8-5-6-10-16(15)17)18(24)13-23-19(25)14-28-20(23)12-21(26)27-4-2/h5-12H,3-4,13-14H2,1-2H3/b20-12-. The largest absolute Gasteiger partial charge is 0.463 e. The number of carbonyl (C=O) groups excluding carboxylic acids is 3. The minimum Gasteiger partial charge on any atom is -0.463 e. The molecule has 0 radical (unpaired) electrons. The van der Waals surface area contributed by atoms with E-state index in [1.54, 1.807) is 11.8 Å². The van der Waals surface area contributed by atoms with Gasteiger partial charge in [-0.3, -0.25) is 14.5 Å². The van der Waals surface area contributed by atoms with Crippen molar-refractivity contribution in [3.05, 3.63) is 53.6 Å². The number of ether oxygens (including phenoxy) is 1. The van der Waals surface area contributed by atoms with Gasteiger partial charge in [0.1, 0.15) is 6.54 Å². The highest BCUT2D eigenvalue weighted by molar-refractivity contribution is 8.04. The summed E-state index contributed by atoms with van der Waals surface area (Å²) < 4.78 is 4.92. The summed E-state index contributed by atoms with van der Waals surface area (Å²) in [6.07, 6.45) is 1.28. The van der Waals surface area contributed by atoms with Gasteiger partial charge in [-0.1, -0.05) is 48.2 Å². The topological polar surface area (TPSA) is 66.9 Å². The number of likely N-dealkylation sites (N-methyl/N-ethyl adjacent to an activating group) is 1. The lowest BCUT2D eigenvalue weighted by atomic mass is 10.1. The van der Waals surface area contributed by atoms with Crippen LogP contribution in [0.4, 0.5) is 5.69 Å². The fourth-order valence-corrected chi connectivity index (χ4v) is 4.06. The number of anilines is 1. The van der Waals surface area contributed by atoms with Gasteiger partial charge in [0.25, 0.3) is 0 Å². The number of esters is 1. The van der Waals surface area contributed by atoms with Crippen molar-refractivity contribution in [1.29, 1.82) is 0 Å². The number of hydrogen-bond donors (Lipinski definition) is 0. The lowest BCUT2D eigenvalue weighted by Crippen LogP contribution is -2.40. The second-order valence-electron chi connectivity index (χ2n) is 6.14. The third kappa shape index (κ3) is 4.20. The van der Waals surface area contributed by atoms with E-state index in [-0.39, 0.29) is 30.7 Å². The molecule has 0 aliphatic carbocycles. The lowest BCUT2D eigenvalue weighted by molar-refractivity contribution is -0.137. The zero-order chi connectivity index (χ0) is 20.1. The van der Waals surface area contributed by atoms with Crippen LogP contribution in [-0.2, 0) is 19.1 Å². The number of benzene rings is 2. The van der Waals surface area contributed by atoms with E-state index in [1.807, 2.05) is 49.4 Å². The molecule has 2 amide bonds. The molecule has 1 saturated heterocycles. The molecule has 0 bridgehead atoms. The van der Waals surface area contributed by atoms with Gasteiger partial charge in [-0.2, -0.15) is 0 Å². The van der Waals surface area contributed by atoms with Crippen LogP contribution < -0.4 is 4.90 Å². The van der Waals surface area contributed by atoms with E-state index < -0.39 is 5.97 Å². The van der Waals surface area contributed by atoms with Crippen molar-refractivity contribution in [3.63, 3.8) is 0 Å². The number of nitrogens with zero attached hydrogens (tertiary/aromatic N) is 2. The Kier molecular flexibility index (Phi) is 6.36. The monoisotopic (exact) mass is 398 g/mol. The molecule has 0 unspecified atom stereocenters. The van der Waals surface area contributed by atoms with Crippen molar-refractivity contribution in [2.45, 2.75) is 13.8 Å². The van der Waals surface area contributed by atoms with Crippen molar-refractivity contribution in [1.82, 2.24) is 4.90 Å². The summed E-state index contributed by atoms with van der Waals surface area (Å²) in [5, 5.41) is 2.47. The minimum atomic E-state index is -0.515. The summed E-state index contributed by atoms with van der Waals surface area (Å²) in [5.74, 6) is -0.704. The molecule has 1 fully saturated rings. The summed E-state index contributed by atoms with van der Waals surface area (Å²) in [7, 11) is 0. The highest BCUT2D eigenvalue weighted by Crippen LogP contribution is 2.30. The summed E-state index contributed by atoms with van der Waals surface area (Å²) in [6, 6.07) is 13.7. The second-order valence-corrected chi connectivity index (χ2v) is 7.14. The van der Waals surface area contributed by atoms with E-state index in [1.165, 1.54) is 22.7 Å². The van der Waals surface area contributed by atoms with Crippen LogP contribution in [-0.4, -0.2) is 48.1 Å². The van der Waals surface area contributed by atoms with Crippen molar-refractivity contribution in [2.75, 3.05) is 30.3 Å². The molecule has 146 valence electrons. The van der Waals surface area contributed by atoms with Crippen LogP contribution in [0.5, 0.6) is 0 Å². The van der Waals surface area contributed by atoms with Gasteiger partial charge in [0.15, 0.2) is 0 Å². The van der Waals surface area contributed by atoms with Gasteiger partial charge in [-0.05, 0) is 25.3 Å². The number of amides is 2. The van der Waals surface area contributed by atoms with Crippen molar-refractivity contribution in [3.8, 4) is 0 Å². The van der Waals surface area contributed by atoms with Gasteiger partial charge in [0.05, 0.1) is 29.2 Å². The average molecular weight is 398 g/mol. The van der Waals surface area contributed by atoms with Crippen LogP contribution in [0.2, 0.25) is 0 Å². The molecule has 2 aromatic rings. The molecule has 0 atom stereocenters. The van der Waals surface area contributed by atoms with Crippen molar-refractivity contribution >= 4 is 46.0 Å². The number of carbonyl (C=O) groups is 3. The minimum absolute atomic E-state index is 0.117. The summed E-state index contributed by atoms with van der Waals surface area (Å²) in [4.78, 5) is 40.1. The van der Waals surface area contributed by atoms with Gasteiger partial charge < -0.3 is 9.64 Å². The second kappa shape index (κ2) is 8.93. The number of hydrogen-bond acceptors (Lipinski definition) is 5. The van der Waals surface area contributed by atoms with Gasteiger partial charge in [-0.25, -0.2) is 4.79 Å². The molecule has 0 saturated carbocycles. The molecule has 1 heterocycles. The Morgan fingerprint density at radius 3 is 2.68 bits per heavy atom. The van der Waals surface area contributed by atoms with E-state index in [0.717, 1.165) is 16.5 Å². The zero-order valence-electron chi connectivity index (χ0n) is 15.9. The molecule has 6 nitrogen and oxygen atoms in total. The number of rotatable bonds is 6. The molecule has 28 heavy (non-hydrogen) atoms. The van der Waals surface area contributed by atoms with Crippen LogP contribution in [0.25, 0.3) is 10.8 Å². The van der Waals surface area contributed by atoms with Crippen LogP contribution in [0.3, 0.4) is 0 Å². The highest BCUT2D eigenvalue weighted by Gasteiger charge is 2.31. The predicted octanol–water partition coefficient (Wildman–Crippen LogP) is 3.17. The SMILES string of the molecule is CCOC(=O)/C=C1\SCC(=O)N1CC(=O)N(CC)c1cccc2ccccc12. The van der Waals surface area contributed by atoms with E-state index in [0.29, 0.717) is 11.6 Å². The predicted molar refractivity (Wildman–Crippen MR) is 111 cm³/mol. The highest BCUT2D eigenvalue weighted by atomic mass is 32.2. The molecule has 0 N–H and O–H groups in total. The van der Waals surface area contributed by atoms with Crippen LogP contribution in [0.15, 0.2) is 53.6 Å². The number of thioether (sulfide) groups is 1. The molecule has 0 aromatic heterocycles. The van der Waals surface area contributed by atoms with E-state index >= 15 is 0 Å². The Bertz CT molecular complexity index is 936. The quantitative estimate of drug-likeness (QED) is 0.552. The average Bonchev–Trinajstić information content (AvgIpc) is 3.02. The molecule has 3 rings (SSSR count). The van der Waals surface area contributed by atoms with Crippen molar-refractivity contribution < 1.29 is 19.1 Å². The smallest absolute Gasteiger partial charge is 0.333 e. The summed E-state index contributed by atoms with van der Waals surface area (Å²) >= 11 is 1.24.